The number of β-amino-alcohol motifs (C(OH)–C–C–N with tert-alkyl or cyclic N) is 1. The van der Waals surface area contributed by atoms with Crippen molar-refractivity contribution in [3.63, 3.8) is 0 Å². The number of aryl methyl sites for hydroxylation is 1. The Morgan fingerprint density at radius 1 is 1.43 bits per heavy atom. The Hall–Kier alpha value is -2.08. The number of hydrogen-bond acceptors (Lipinski definition) is 4. The lowest BCUT2D eigenvalue weighted by Crippen LogP contribution is -2.24. The van der Waals surface area contributed by atoms with Gasteiger partial charge in [0.1, 0.15) is 0 Å². The Balaban J connectivity index is 2.01. The summed E-state index contributed by atoms with van der Waals surface area (Å²) in [6.45, 7) is 1.42. The van der Waals surface area contributed by atoms with Gasteiger partial charge < -0.3 is 19.5 Å². The van der Waals surface area contributed by atoms with E-state index in [1.165, 1.54) is 0 Å². The number of rotatable bonds is 2. The van der Waals surface area contributed by atoms with Gasteiger partial charge in [-0.05, 0) is 24.6 Å². The second-order valence-corrected chi connectivity index (χ2v) is 5.76. The topological polar surface area (TPSA) is 61.6 Å². The Kier molecular flexibility index (Phi) is 3.33. The van der Waals surface area contributed by atoms with Crippen LogP contribution in [-0.4, -0.2) is 58.8 Å². The van der Waals surface area contributed by atoms with Gasteiger partial charge in [0, 0.05) is 39.8 Å². The highest BCUT2D eigenvalue weighted by Crippen LogP contribution is 2.25. The molecule has 2 heterocycles. The van der Waals surface area contributed by atoms with Crippen LogP contribution in [0.25, 0.3) is 11.0 Å². The van der Waals surface area contributed by atoms with Crippen LogP contribution in [0.5, 0.6) is 0 Å². The van der Waals surface area contributed by atoms with E-state index in [0.717, 1.165) is 29.9 Å². The zero-order valence-corrected chi connectivity index (χ0v) is 12.6. The molecule has 0 spiro atoms. The van der Waals surface area contributed by atoms with Crippen LogP contribution in [0.4, 0.5) is 5.95 Å². The molecule has 1 aliphatic heterocycles. The second kappa shape index (κ2) is 5.04. The molecule has 1 amide bonds. The summed E-state index contributed by atoms with van der Waals surface area (Å²) in [4.78, 5) is 20.3. The van der Waals surface area contributed by atoms with Gasteiger partial charge in [-0.3, -0.25) is 4.79 Å². The summed E-state index contributed by atoms with van der Waals surface area (Å²) in [5.41, 5.74) is 2.43. The molecule has 1 saturated heterocycles. The van der Waals surface area contributed by atoms with Crippen LogP contribution in [0.1, 0.15) is 16.8 Å². The van der Waals surface area contributed by atoms with Crippen molar-refractivity contribution in [1.29, 1.82) is 0 Å². The lowest BCUT2D eigenvalue weighted by Gasteiger charge is -2.16. The highest BCUT2D eigenvalue weighted by Gasteiger charge is 2.24. The van der Waals surface area contributed by atoms with Gasteiger partial charge in [-0.25, -0.2) is 4.98 Å². The first kappa shape index (κ1) is 13.9. The van der Waals surface area contributed by atoms with Gasteiger partial charge in [0.2, 0.25) is 5.95 Å². The van der Waals surface area contributed by atoms with Gasteiger partial charge in [-0.15, -0.1) is 0 Å². The minimum Gasteiger partial charge on any atom is -0.391 e. The summed E-state index contributed by atoms with van der Waals surface area (Å²) in [5, 5.41) is 9.68. The zero-order chi connectivity index (χ0) is 15.1. The average Bonchev–Trinajstić information content (AvgIpc) is 3.01. The lowest BCUT2D eigenvalue weighted by molar-refractivity contribution is 0.0827. The quantitative estimate of drug-likeness (QED) is 0.890. The fraction of sp³-hybridized carbons (Fsp3) is 0.467. The molecular weight excluding hydrogens is 268 g/mol. The van der Waals surface area contributed by atoms with Crippen molar-refractivity contribution in [3.8, 4) is 0 Å². The fourth-order valence-corrected chi connectivity index (χ4v) is 2.78. The minimum atomic E-state index is -0.282. The van der Waals surface area contributed by atoms with E-state index in [4.69, 9.17) is 0 Å². The highest BCUT2D eigenvalue weighted by molar-refractivity contribution is 5.97. The number of benzene rings is 1. The molecule has 0 bridgehead atoms. The van der Waals surface area contributed by atoms with E-state index in [1.54, 1.807) is 19.0 Å². The van der Waals surface area contributed by atoms with Crippen LogP contribution in [0.2, 0.25) is 0 Å². The van der Waals surface area contributed by atoms with Crippen molar-refractivity contribution in [2.45, 2.75) is 12.5 Å². The van der Waals surface area contributed by atoms with Crippen molar-refractivity contribution < 1.29 is 9.90 Å². The van der Waals surface area contributed by atoms with Crippen LogP contribution >= 0.6 is 0 Å². The molecule has 1 aromatic heterocycles. The molecule has 0 unspecified atom stereocenters. The lowest BCUT2D eigenvalue weighted by atomic mass is 10.2. The number of aliphatic hydroxyl groups is 1. The first-order valence-electron chi connectivity index (χ1n) is 7.08. The molecule has 2 aromatic rings. The monoisotopic (exact) mass is 288 g/mol. The molecule has 0 saturated carbocycles. The number of amides is 1. The van der Waals surface area contributed by atoms with Crippen LogP contribution in [0.15, 0.2) is 18.2 Å². The van der Waals surface area contributed by atoms with Crippen molar-refractivity contribution >= 4 is 22.9 Å². The van der Waals surface area contributed by atoms with E-state index in [9.17, 15) is 9.90 Å². The normalized spacial score (nSPS) is 18.5. The molecule has 6 nitrogen and oxygen atoms in total. The maximum atomic E-state index is 12.0. The third-order valence-corrected chi connectivity index (χ3v) is 3.96. The van der Waals surface area contributed by atoms with E-state index in [0.29, 0.717) is 12.1 Å². The number of imidazole rings is 1. The number of hydrogen-bond donors (Lipinski definition) is 1. The van der Waals surface area contributed by atoms with Crippen LogP contribution in [0.3, 0.4) is 0 Å². The average molecular weight is 288 g/mol. The number of aliphatic hydroxyl groups excluding tert-OH is 1. The largest absolute Gasteiger partial charge is 0.391 e. The standard InChI is InChI=1S/C15H20N4O2/c1-17(2)14(21)10-4-5-13-12(8-10)16-15(18(13)3)19-7-6-11(20)9-19/h4-5,8,11,20H,6-7,9H2,1-3H3/t11-/m0/s1. The molecule has 1 fully saturated rings. The SMILES string of the molecule is CN(C)C(=O)c1ccc2c(c1)nc(N1CC[C@H](O)C1)n2C. The summed E-state index contributed by atoms with van der Waals surface area (Å²) in [6, 6.07) is 5.58. The third-order valence-electron chi connectivity index (χ3n) is 3.96. The number of carbonyl (C=O) groups is 1. The van der Waals surface area contributed by atoms with Crippen molar-refractivity contribution in [2.75, 3.05) is 32.1 Å². The number of nitrogens with zero attached hydrogens (tertiary/aromatic N) is 4. The van der Waals surface area contributed by atoms with Gasteiger partial charge in [0.15, 0.2) is 0 Å². The molecule has 21 heavy (non-hydrogen) atoms. The summed E-state index contributed by atoms with van der Waals surface area (Å²) >= 11 is 0. The van der Waals surface area contributed by atoms with Crippen molar-refractivity contribution in [2.24, 2.45) is 7.05 Å². The molecule has 1 aromatic carbocycles. The van der Waals surface area contributed by atoms with Crippen molar-refractivity contribution in [1.82, 2.24) is 14.5 Å². The first-order valence-corrected chi connectivity index (χ1v) is 7.08. The second-order valence-electron chi connectivity index (χ2n) is 5.76. The molecule has 0 aliphatic carbocycles. The van der Waals surface area contributed by atoms with Gasteiger partial charge in [-0.2, -0.15) is 0 Å². The first-order chi connectivity index (χ1) is 9.97. The smallest absolute Gasteiger partial charge is 0.253 e. The van der Waals surface area contributed by atoms with Crippen LogP contribution in [0, 0.1) is 0 Å². The maximum Gasteiger partial charge on any atom is 0.253 e. The summed E-state index contributed by atoms with van der Waals surface area (Å²) in [6.07, 6.45) is 0.490. The number of fused-ring (bicyclic) bond motifs is 1. The molecule has 0 radical (unpaired) electrons. The summed E-state index contributed by atoms with van der Waals surface area (Å²) in [7, 11) is 5.44. The Morgan fingerprint density at radius 2 is 2.19 bits per heavy atom. The third kappa shape index (κ3) is 2.35. The molecular formula is C15H20N4O2. The molecule has 3 rings (SSSR count). The van der Waals surface area contributed by atoms with Crippen LogP contribution < -0.4 is 4.90 Å². The van der Waals surface area contributed by atoms with Gasteiger partial charge >= 0.3 is 0 Å². The van der Waals surface area contributed by atoms with E-state index >= 15 is 0 Å². The zero-order valence-electron chi connectivity index (χ0n) is 12.6. The Bertz CT molecular complexity index is 692. The molecule has 1 aliphatic rings. The van der Waals surface area contributed by atoms with Gasteiger partial charge in [0.25, 0.3) is 5.91 Å². The van der Waals surface area contributed by atoms with Gasteiger partial charge in [-0.1, -0.05) is 0 Å². The number of anilines is 1. The van der Waals surface area contributed by atoms with Gasteiger partial charge in [0.05, 0.1) is 17.1 Å². The fourth-order valence-electron chi connectivity index (χ4n) is 2.78. The molecule has 1 atom stereocenters. The van der Waals surface area contributed by atoms with E-state index < -0.39 is 0 Å². The van der Waals surface area contributed by atoms with Crippen molar-refractivity contribution in [3.05, 3.63) is 23.8 Å². The minimum absolute atomic E-state index is 0.0271. The van der Waals surface area contributed by atoms with E-state index in [1.807, 2.05) is 29.8 Å². The highest BCUT2D eigenvalue weighted by atomic mass is 16.3. The number of carbonyl (C=O) groups excluding carboxylic acids is 1. The predicted octanol–water partition coefficient (Wildman–Crippen LogP) is 0.846. The molecule has 112 valence electrons. The van der Waals surface area contributed by atoms with E-state index in [-0.39, 0.29) is 12.0 Å². The summed E-state index contributed by atoms with van der Waals surface area (Å²) in [5.74, 6) is 0.816. The molecule has 1 N–H and O–H groups in total. The number of aromatic nitrogens is 2. The Morgan fingerprint density at radius 3 is 2.81 bits per heavy atom. The Labute approximate surface area is 123 Å². The maximum absolute atomic E-state index is 12.0. The van der Waals surface area contributed by atoms with Crippen LogP contribution in [-0.2, 0) is 7.05 Å². The van der Waals surface area contributed by atoms with E-state index in [2.05, 4.69) is 9.88 Å². The molecule has 6 heteroatoms. The predicted molar refractivity (Wildman–Crippen MR) is 81.6 cm³/mol. The summed E-state index contributed by atoms with van der Waals surface area (Å²) < 4.78 is 2.01.